The van der Waals surface area contributed by atoms with E-state index in [4.69, 9.17) is 4.42 Å². The summed E-state index contributed by atoms with van der Waals surface area (Å²) in [4.78, 5) is 2.34. The summed E-state index contributed by atoms with van der Waals surface area (Å²) in [5.41, 5.74) is 17.0. The zero-order chi connectivity index (χ0) is 37.3. The fraction of sp³-hybridized carbons (Fsp3) is 0. The van der Waals surface area contributed by atoms with Crippen LogP contribution in [0.15, 0.2) is 229 Å². The highest BCUT2D eigenvalue weighted by Crippen LogP contribution is 2.41. The second kappa shape index (κ2) is 14.4. The van der Waals surface area contributed by atoms with Crippen molar-refractivity contribution in [2.24, 2.45) is 0 Å². The molecule has 1 heterocycles. The van der Waals surface area contributed by atoms with E-state index in [9.17, 15) is 0 Å². The van der Waals surface area contributed by atoms with E-state index < -0.39 is 0 Å². The Kier molecular flexibility index (Phi) is 8.55. The van der Waals surface area contributed by atoms with Crippen molar-refractivity contribution in [3.05, 3.63) is 224 Å². The minimum atomic E-state index is 0.905. The molecule has 0 saturated carbocycles. The number of benzene rings is 9. The van der Waals surface area contributed by atoms with E-state index in [1.807, 2.05) is 12.1 Å². The van der Waals surface area contributed by atoms with Crippen molar-refractivity contribution in [1.82, 2.24) is 0 Å². The lowest BCUT2D eigenvalue weighted by molar-refractivity contribution is 0.669. The molecule has 0 aliphatic rings. The van der Waals surface area contributed by atoms with Crippen LogP contribution in [-0.4, -0.2) is 0 Å². The van der Waals surface area contributed by atoms with Crippen LogP contribution in [0.4, 0.5) is 17.1 Å². The number of hydrogen-bond acceptors (Lipinski definition) is 2. The number of para-hydroxylation sites is 1. The minimum Gasteiger partial charge on any atom is -0.456 e. The normalized spacial score (nSPS) is 11.2. The molecule has 0 bridgehead atoms. The lowest BCUT2D eigenvalue weighted by Crippen LogP contribution is -2.09. The van der Waals surface area contributed by atoms with Crippen molar-refractivity contribution < 1.29 is 4.42 Å². The molecule has 2 heteroatoms. The quantitative estimate of drug-likeness (QED) is 0.156. The van der Waals surface area contributed by atoms with Crippen molar-refractivity contribution in [2.75, 3.05) is 4.90 Å². The van der Waals surface area contributed by atoms with E-state index in [1.165, 1.54) is 44.5 Å². The van der Waals surface area contributed by atoms with Crippen LogP contribution in [0.5, 0.6) is 0 Å². The van der Waals surface area contributed by atoms with Gasteiger partial charge >= 0.3 is 0 Å². The van der Waals surface area contributed by atoms with Crippen molar-refractivity contribution in [2.45, 2.75) is 0 Å². The highest BCUT2D eigenvalue weighted by atomic mass is 16.3. The maximum absolute atomic E-state index is 6.12. The van der Waals surface area contributed by atoms with Crippen LogP contribution in [0.2, 0.25) is 0 Å². The molecule has 0 N–H and O–H groups in total. The summed E-state index contributed by atoms with van der Waals surface area (Å²) in [6.45, 7) is 0. The van der Waals surface area contributed by atoms with Gasteiger partial charge in [0.25, 0.3) is 0 Å². The zero-order valence-electron chi connectivity index (χ0n) is 30.7. The van der Waals surface area contributed by atoms with Crippen molar-refractivity contribution in [3.63, 3.8) is 0 Å². The molecule has 10 aromatic rings. The third kappa shape index (κ3) is 6.24. The van der Waals surface area contributed by atoms with Gasteiger partial charge in [-0.25, -0.2) is 0 Å². The molecule has 0 aliphatic heterocycles. The van der Waals surface area contributed by atoms with Crippen molar-refractivity contribution >= 4 is 39.0 Å². The number of hydrogen-bond donors (Lipinski definition) is 0. The summed E-state index contributed by atoms with van der Waals surface area (Å²) in [6, 6.07) is 80.1. The summed E-state index contributed by atoms with van der Waals surface area (Å²) >= 11 is 0. The standard InChI is InChI=1S/C54H37NO/c1-3-13-39(14-4-1)47-17-7-9-19-49(47)41-25-32-45(33-26-41)55(46-34-27-42(28-35-46)50-20-10-8-18-48(50)40-15-5-2-6-16-40)44-30-23-38(24-31-44)43-29-36-54-52(37-43)51-21-11-12-22-53(51)56-54/h1-37H. The fourth-order valence-electron chi connectivity index (χ4n) is 7.94. The van der Waals surface area contributed by atoms with Crippen LogP contribution in [0, 0.1) is 0 Å². The first-order valence-electron chi connectivity index (χ1n) is 19.1. The molecule has 2 nitrogen and oxygen atoms in total. The summed E-state index contributed by atoms with van der Waals surface area (Å²) in [6.07, 6.45) is 0. The van der Waals surface area contributed by atoms with Crippen LogP contribution in [0.25, 0.3) is 77.6 Å². The van der Waals surface area contributed by atoms with Gasteiger partial charge in [-0.3, -0.25) is 0 Å². The van der Waals surface area contributed by atoms with Crippen LogP contribution < -0.4 is 4.90 Å². The summed E-state index contributed by atoms with van der Waals surface area (Å²) in [7, 11) is 0. The molecule has 0 saturated heterocycles. The Morgan fingerprint density at radius 3 is 1.09 bits per heavy atom. The van der Waals surface area contributed by atoms with Gasteiger partial charge in [0, 0.05) is 27.8 Å². The Balaban J connectivity index is 1.04. The van der Waals surface area contributed by atoms with Gasteiger partial charge in [-0.2, -0.15) is 0 Å². The molecule has 10 rings (SSSR count). The monoisotopic (exact) mass is 715 g/mol. The second-order valence-electron chi connectivity index (χ2n) is 14.1. The lowest BCUT2D eigenvalue weighted by atomic mass is 9.94. The number of anilines is 3. The number of nitrogens with zero attached hydrogens (tertiary/aromatic N) is 1. The lowest BCUT2D eigenvalue weighted by Gasteiger charge is -2.26. The Morgan fingerprint density at radius 2 is 0.607 bits per heavy atom. The van der Waals surface area contributed by atoms with E-state index in [-0.39, 0.29) is 0 Å². The van der Waals surface area contributed by atoms with Gasteiger partial charge in [0.05, 0.1) is 0 Å². The molecule has 0 atom stereocenters. The van der Waals surface area contributed by atoms with Crippen molar-refractivity contribution in [3.8, 4) is 55.6 Å². The van der Waals surface area contributed by atoms with Crippen LogP contribution in [0.3, 0.4) is 0 Å². The molecule has 0 fully saturated rings. The molecule has 0 spiro atoms. The summed E-state index contributed by atoms with van der Waals surface area (Å²) in [5.74, 6) is 0. The molecule has 9 aromatic carbocycles. The van der Waals surface area contributed by atoms with Gasteiger partial charge in [-0.05, 0) is 110 Å². The smallest absolute Gasteiger partial charge is 0.135 e. The highest BCUT2D eigenvalue weighted by Gasteiger charge is 2.16. The third-order valence-electron chi connectivity index (χ3n) is 10.7. The first kappa shape index (κ1) is 33.2. The van der Waals surface area contributed by atoms with Gasteiger partial charge in [-0.15, -0.1) is 0 Å². The van der Waals surface area contributed by atoms with E-state index >= 15 is 0 Å². The molecule has 264 valence electrons. The molecule has 0 unspecified atom stereocenters. The average molecular weight is 716 g/mol. The van der Waals surface area contributed by atoms with E-state index in [0.717, 1.165) is 50.1 Å². The van der Waals surface area contributed by atoms with E-state index in [2.05, 4.69) is 217 Å². The predicted molar refractivity (Wildman–Crippen MR) is 236 cm³/mol. The first-order chi connectivity index (χ1) is 27.8. The van der Waals surface area contributed by atoms with E-state index in [1.54, 1.807) is 0 Å². The van der Waals surface area contributed by atoms with Gasteiger partial charge in [0.1, 0.15) is 11.2 Å². The van der Waals surface area contributed by atoms with Gasteiger partial charge < -0.3 is 9.32 Å². The largest absolute Gasteiger partial charge is 0.456 e. The first-order valence-corrected chi connectivity index (χ1v) is 19.1. The van der Waals surface area contributed by atoms with Crippen LogP contribution in [0.1, 0.15) is 0 Å². The molecule has 0 radical (unpaired) electrons. The number of fused-ring (bicyclic) bond motifs is 3. The predicted octanol–water partition coefficient (Wildman–Crippen LogP) is 15.4. The maximum atomic E-state index is 6.12. The van der Waals surface area contributed by atoms with Gasteiger partial charge in [0.2, 0.25) is 0 Å². The maximum Gasteiger partial charge on any atom is 0.135 e. The molecule has 0 amide bonds. The Morgan fingerprint density at radius 1 is 0.250 bits per heavy atom. The van der Waals surface area contributed by atoms with Gasteiger partial charge in [0.15, 0.2) is 0 Å². The highest BCUT2D eigenvalue weighted by molar-refractivity contribution is 6.06. The SMILES string of the molecule is c1ccc(-c2ccccc2-c2ccc(N(c3ccc(-c4ccc5oc6ccccc6c5c4)cc3)c3ccc(-c4ccccc4-c4ccccc4)cc3)cc2)cc1. The Bertz CT molecular complexity index is 2800. The number of furan rings is 1. The molecule has 0 aliphatic carbocycles. The van der Waals surface area contributed by atoms with Gasteiger partial charge in [-0.1, -0.05) is 170 Å². The minimum absolute atomic E-state index is 0.905. The Hall–Kier alpha value is -7.42. The summed E-state index contributed by atoms with van der Waals surface area (Å²) < 4.78 is 6.12. The molecular weight excluding hydrogens is 679 g/mol. The topological polar surface area (TPSA) is 16.4 Å². The molecular formula is C54H37NO. The zero-order valence-corrected chi connectivity index (χ0v) is 30.7. The van der Waals surface area contributed by atoms with Crippen molar-refractivity contribution in [1.29, 1.82) is 0 Å². The second-order valence-corrected chi connectivity index (χ2v) is 14.1. The molecule has 56 heavy (non-hydrogen) atoms. The summed E-state index contributed by atoms with van der Waals surface area (Å²) in [5, 5.41) is 2.27. The number of rotatable bonds is 8. The molecule has 1 aromatic heterocycles. The van der Waals surface area contributed by atoms with Crippen LogP contribution >= 0.6 is 0 Å². The van der Waals surface area contributed by atoms with Crippen LogP contribution in [-0.2, 0) is 0 Å². The Labute approximate surface area is 327 Å². The third-order valence-corrected chi connectivity index (χ3v) is 10.7. The van der Waals surface area contributed by atoms with E-state index in [0.29, 0.717) is 0 Å². The average Bonchev–Trinajstić information content (AvgIpc) is 3.66. The fourth-order valence-corrected chi connectivity index (χ4v) is 7.94.